The second-order valence-electron chi connectivity index (χ2n) is 4.28. The zero-order chi connectivity index (χ0) is 13.2. The Morgan fingerprint density at radius 1 is 1.26 bits per heavy atom. The lowest BCUT2D eigenvalue weighted by Gasteiger charge is -2.22. The van der Waals surface area contributed by atoms with Gasteiger partial charge in [-0.05, 0) is 12.1 Å². The Labute approximate surface area is 108 Å². The van der Waals surface area contributed by atoms with E-state index in [4.69, 9.17) is 4.74 Å². The number of carbonyl (C=O) groups is 2. The molecule has 1 aliphatic rings. The molecular formula is C13H11N3O3. The topological polar surface area (TPSA) is 81.2 Å². The highest BCUT2D eigenvalue weighted by Crippen LogP contribution is 2.24. The van der Waals surface area contributed by atoms with Crippen LogP contribution < -0.4 is 10.1 Å². The standard InChI is InChI=1S/C13H11N3O3/c17-12-6-5-10(13(18)15-12)19-11-7-14-16-9-4-2-1-3-8(9)11/h1-4,7,10H,5-6H2,(H,15,17,18). The predicted octanol–water partition coefficient (Wildman–Crippen LogP) is 0.814. The molecule has 1 unspecified atom stereocenters. The Balaban J connectivity index is 1.89. The molecule has 0 bridgehead atoms. The molecule has 3 rings (SSSR count). The molecule has 1 saturated heterocycles. The molecule has 2 heterocycles. The van der Waals surface area contributed by atoms with Crippen molar-refractivity contribution in [3.8, 4) is 5.75 Å². The number of rotatable bonds is 2. The minimum atomic E-state index is -0.662. The summed E-state index contributed by atoms with van der Waals surface area (Å²) in [5, 5.41) is 10.9. The van der Waals surface area contributed by atoms with Gasteiger partial charge in [0.1, 0.15) is 5.75 Å². The Bertz CT molecular complexity index is 651. The number of aromatic nitrogens is 2. The normalized spacial score (nSPS) is 19.3. The molecule has 1 aliphatic heterocycles. The van der Waals surface area contributed by atoms with Gasteiger partial charge in [-0.15, -0.1) is 0 Å². The molecule has 6 nitrogen and oxygen atoms in total. The van der Waals surface area contributed by atoms with Gasteiger partial charge in [0, 0.05) is 18.2 Å². The van der Waals surface area contributed by atoms with Crippen LogP contribution in [-0.4, -0.2) is 28.1 Å². The molecule has 1 N–H and O–H groups in total. The summed E-state index contributed by atoms with van der Waals surface area (Å²) in [6, 6.07) is 7.39. The van der Waals surface area contributed by atoms with Gasteiger partial charge in [-0.25, -0.2) is 0 Å². The van der Waals surface area contributed by atoms with E-state index in [9.17, 15) is 9.59 Å². The van der Waals surface area contributed by atoms with E-state index in [-0.39, 0.29) is 12.3 Å². The van der Waals surface area contributed by atoms with Crippen LogP contribution in [0.3, 0.4) is 0 Å². The van der Waals surface area contributed by atoms with Crippen molar-refractivity contribution in [1.82, 2.24) is 15.5 Å². The van der Waals surface area contributed by atoms with Crippen molar-refractivity contribution in [2.24, 2.45) is 0 Å². The highest BCUT2D eigenvalue weighted by Gasteiger charge is 2.28. The number of carbonyl (C=O) groups excluding carboxylic acids is 2. The maximum absolute atomic E-state index is 11.7. The lowest BCUT2D eigenvalue weighted by Crippen LogP contribution is -2.46. The van der Waals surface area contributed by atoms with E-state index in [0.717, 1.165) is 5.39 Å². The van der Waals surface area contributed by atoms with Crippen molar-refractivity contribution >= 4 is 22.7 Å². The van der Waals surface area contributed by atoms with Crippen LogP contribution in [0.1, 0.15) is 12.8 Å². The molecule has 96 valence electrons. The number of benzene rings is 1. The van der Waals surface area contributed by atoms with Crippen LogP contribution in [0.2, 0.25) is 0 Å². The molecule has 0 saturated carbocycles. The zero-order valence-corrected chi connectivity index (χ0v) is 10.00. The average Bonchev–Trinajstić information content (AvgIpc) is 2.42. The van der Waals surface area contributed by atoms with Gasteiger partial charge in [-0.2, -0.15) is 10.2 Å². The van der Waals surface area contributed by atoms with Gasteiger partial charge in [0.25, 0.3) is 5.91 Å². The molecule has 1 aromatic carbocycles. The summed E-state index contributed by atoms with van der Waals surface area (Å²) in [7, 11) is 0. The summed E-state index contributed by atoms with van der Waals surface area (Å²) in [5.74, 6) is -0.167. The molecule has 1 atom stereocenters. The average molecular weight is 257 g/mol. The Morgan fingerprint density at radius 2 is 2.11 bits per heavy atom. The number of hydrogen-bond acceptors (Lipinski definition) is 5. The first-order valence-corrected chi connectivity index (χ1v) is 5.95. The van der Waals surface area contributed by atoms with E-state index >= 15 is 0 Å². The van der Waals surface area contributed by atoms with Gasteiger partial charge in [-0.3, -0.25) is 14.9 Å². The van der Waals surface area contributed by atoms with Crippen LogP contribution in [0.5, 0.6) is 5.75 Å². The molecule has 19 heavy (non-hydrogen) atoms. The summed E-state index contributed by atoms with van der Waals surface area (Å²) in [5.41, 5.74) is 0.701. The second-order valence-corrected chi connectivity index (χ2v) is 4.28. The Hall–Kier alpha value is -2.50. The number of piperidine rings is 1. The monoisotopic (exact) mass is 257 g/mol. The van der Waals surface area contributed by atoms with E-state index in [2.05, 4.69) is 15.5 Å². The van der Waals surface area contributed by atoms with E-state index in [1.807, 2.05) is 24.3 Å². The summed E-state index contributed by atoms with van der Waals surface area (Å²) in [4.78, 5) is 22.7. The molecule has 2 amide bonds. The Kier molecular flexibility index (Phi) is 2.83. The van der Waals surface area contributed by atoms with Gasteiger partial charge in [0.05, 0.1) is 11.7 Å². The van der Waals surface area contributed by atoms with Crippen LogP contribution in [0.15, 0.2) is 30.5 Å². The predicted molar refractivity (Wildman–Crippen MR) is 66.3 cm³/mol. The highest BCUT2D eigenvalue weighted by atomic mass is 16.5. The highest BCUT2D eigenvalue weighted by molar-refractivity contribution is 6.00. The number of nitrogens with zero attached hydrogens (tertiary/aromatic N) is 2. The summed E-state index contributed by atoms with van der Waals surface area (Å²) >= 11 is 0. The summed E-state index contributed by atoms with van der Waals surface area (Å²) < 4.78 is 5.66. The van der Waals surface area contributed by atoms with Crippen molar-refractivity contribution in [3.05, 3.63) is 30.5 Å². The van der Waals surface area contributed by atoms with Gasteiger partial charge >= 0.3 is 0 Å². The van der Waals surface area contributed by atoms with Crippen molar-refractivity contribution in [3.63, 3.8) is 0 Å². The third-order valence-corrected chi connectivity index (χ3v) is 2.97. The molecule has 0 radical (unpaired) electrons. The number of imide groups is 1. The number of amides is 2. The van der Waals surface area contributed by atoms with Gasteiger partial charge < -0.3 is 4.74 Å². The lowest BCUT2D eigenvalue weighted by molar-refractivity contribution is -0.138. The first-order valence-electron chi connectivity index (χ1n) is 5.95. The lowest BCUT2D eigenvalue weighted by atomic mass is 10.1. The van der Waals surface area contributed by atoms with Crippen LogP contribution in [0.4, 0.5) is 0 Å². The fourth-order valence-corrected chi connectivity index (χ4v) is 2.02. The molecule has 2 aromatic rings. The number of fused-ring (bicyclic) bond motifs is 1. The van der Waals surface area contributed by atoms with Crippen LogP contribution in [-0.2, 0) is 9.59 Å². The summed E-state index contributed by atoms with van der Waals surface area (Å²) in [6.45, 7) is 0. The maximum atomic E-state index is 11.7. The van der Waals surface area contributed by atoms with E-state index < -0.39 is 12.0 Å². The number of ether oxygens (including phenoxy) is 1. The molecular weight excluding hydrogens is 246 g/mol. The first-order chi connectivity index (χ1) is 9.24. The minimum absolute atomic E-state index is 0.262. The zero-order valence-electron chi connectivity index (χ0n) is 10.00. The van der Waals surface area contributed by atoms with Gasteiger partial charge in [0.15, 0.2) is 6.10 Å². The number of hydrogen-bond donors (Lipinski definition) is 1. The van der Waals surface area contributed by atoms with Crippen LogP contribution in [0.25, 0.3) is 10.9 Å². The van der Waals surface area contributed by atoms with E-state index in [0.29, 0.717) is 17.7 Å². The molecule has 0 aliphatic carbocycles. The minimum Gasteiger partial charge on any atom is -0.478 e. The first kappa shape index (κ1) is 11.6. The largest absolute Gasteiger partial charge is 0.478 e. The smallest absolute Gasteiger partial charge is 0.267 e. The molecule has 1 fully saturated rings. The fourth-order valence-electron chi connectivity index (χ4n) is 2.02. The second kappa shape index (κ2) is 4.64. The Morgan fingerprint density at radius 3 is 2.95 bits per heavy atom. The fraction of sp³-hybridized carbons (Fsp3) is 0.231. The quantitative estimate of drug-likeness (QED) is 0.805. The van der Waals surface area contributed by atoms with Crippen molar-refractivity contribution in [1.29, 1.82) is 0 Å². The SMILES string of the molecule is O=C1CCC(Oc2cnnc3ccccc23)C(=O)N1. The van der Waals surface area contributed by atoms with Gasteiger partial charge in [0.2, 0.25) is 5.91 Å². The molecule has 1 aromatic heterocycles. The molecule has 0 spiro atoms. The summed E-state index contributed by atoms with van der Waals surface area (Å²) in [6.07, 6.45) is 1.48. The van der Waals surface area contributed by atoms with Crippen molar-refractivity contribution in [2.75, 3.05) is 0 Å². The van der Waals surface area contributed by atoms with Crippen molar-refractivity contribution in [2.45, 2.75) is 18.9 Å². The van der Waals surface area contributed by atoms with Crippen molar-refractivity contribution < 1.29 is 14.3 Å². The van der Waals surface area contributed by atoms with Crippen LogP contribution in [0, 0.1) is 0 Å². The van der Waals surface area contributed by atoms with E-state index in [1.54, 1.807) is 0 Å². The molecule has 6 heteroatoms. The maximum Gasteiger partial charge on any atom is 0.267 e. The van der Waals surface area contributed by atoms with Gasteiger partial charge in [-0.1, -0.05) is 12.1 Å². The third-order valence-electron chi connectivity index (χ3n) is 2.97. The number of nitrogens with one attached hydrogen (secondary N) is 1. The third kappa shape index (κ3) is 2.24. The van der Waals surface area contributed by atoms with Crippen LogP contribution >= 0.6 is 0 Å². The van der Waals surface area contributed by atoms with E-state index in [1.165, 1.54) is 6.20 Å².